The van der Waals surface area contributed by atoms with E-state index in [9.17, 15) is 19.8 Å². The maximum Gasteiger partial charge on any atom is 0.339 e. The molecule has 0 aliphatic carbocycles. The van der Waals surface area contributed by atoms with Crippen LogP contribution in [0.4, 0.5) is 5.82 Å². The van der Waals surface area contributed by atoms with Crippen molar-refractivity contribution in [1.82, 2.24) is 9.97 Å². The second-order valence-electron chi connectivity index (χ2n) is 5.59. The number of benzene rings is 1. The first-order valence-electron chi connectivity index (χ1n) is 7.67. The highest BCUT2D eigenvalue weighted by molar-refractivity contribution is 6.31. The van der Waals surface area contributed by atoms with E-state index in [1.807, 2.05) is 0 Å². The molecule has 132 valence electrons. The van der Waals surface area contributed by atoms with Gasteiger partial charge < -0.3 is 15.5 Å². The van der Waals surface area contributed by atoms with Gasteiger partial charge in [0, 0.05) is 28.7 Å². The first-order valence-corrected chi connectivity index (χ1v) is 8.04. The Hall–Kier alpha value is -3.19. The Kier molecular flexibility index (Phi) is 4.99. The van der Waals surface area contributed by atoms with Crippen LogP contribution in [0.25, 0.3) is 10.9 Å². The lowest BCUT2D eigenvalue weighted by molar-refractivity contribution is -0.137. The summed E-state index contributed by atoms with van der Waals surface area (Å²) in [6.07, 6.45) is 1.64. The van der Waals surface area contributed by atoms with E-state index in [1.54, 1.807) is 42.6 Å². The van der Waals surface area contributed by atoms with Crippen LogP contribution < -0.4 is 5.32 Å². The molecule has 0 fully saturated rings. The van der Waals surface area contributed by atoms with Crippen molar-refractivity contribution in [3.63, 3.8) is 0 Å². The third-order valence-electron chi connectivity index (χ3n) is 3.76. The van der Waals surface area contributed by atoms with Gasteiger partial charge in [-0.15, -0.1) is 0 Å². The minimum absolute atomic E-state index is 0.0179. The fourth-order valence-electron chi connectivity index (χ4n) is 2.51. The Morgan fingerprint density at radius 2 is 1.96 bits per heavy atom. The highest BCUT2D eigenvalue weighted by Gasteiger charge is 2.22. The van der Waals surface area contributed by atoms with Gasteiger partial charge in [0.05, 0.1) is 5.52 Å². The average molecular weight is 372 g/mol. The summed E-state index contributed by atoms with van der Waals surface area (Å²) in [5.74, 6) is -2.37. The minimum atomic E-state index is -1.22. The van der Waals surface area contributed by atoms with Gasteiger partial charge in [0.15, 0.2) is 0 Å². The topological polar surface area (TPSA) is 112 Å². The molecule has 3 aromatic rings. The number of carboxylic acids is 2. The molecule has 2 aromatic heterocycles. The van der Waals surface area contributed by atoms with Crippen LogP contribution in [0.15, 0.2) is 48.7 Å². The molecule has 2 heterocycles. The minimum Gasteiger partial charge on any atom is -0.480 e. The van der Waals surface area contributed by atoms with Gasteiger partial charge in [0.1, 0.15) is 17.4 Å². The number of hydrogen-bond acceptors (Lipinski definition) is 5. The number of aromatic carboxylic acids is 1. The second-order valence-corrected chi connectivity index (χ2v) is 6.02. The molecule has 8 heteroatoms. The molecule has 0 aliphatic heterocycles. The van der Waals surface area contributed by atoms with Crippen LogP contribution >= 0.6 is 11.6 Å². The fraction of sp³-hybridized carbons (Fsp3) is 0.111. The van der Waals surface area contributed by atoms with Crippen molar-refractivity contribution in [2.24, 2.45) is 0 Å². The molecule has 3 rings (SSSR count). The number of pyridine rings is 2. The van der Waals surface area contributed by atoms with Crippen molar-refractivity contribution in [3.05, 3.63) is 64.9 Å². The van der Waals surface area contributed by atoms with Crippen molar-refractivity contribution in [2.45, 2.75) is 12.5 Å². The number of hydrogen-bond donors (Lipinski definition) is 3. The third kappa shape index (κ3) is 3.89. The van der Waals surface area contributed by atoms with Gasteiger partial charge in [-0.1, -0.05) is 17.7 Å². The summed E-state index contributed by atoms with van der Waals surface area (Å²) in [5, 5.41) is 22.7. The zero-order chi connectivity index (χ0) is 18.7. The molecule has 0 aliphatic rings. The molecule has 0 bridgehead atoms. The number of halogens is 1. The second kappa shape index (κ2) is 7.37. The number of anilines is 1. The smallest absolute Gasteiger partial charge is 0.339 e. The van der Waals surface area contributed by atoms with Crippen LogP contribution in [0, 0.1) is 0 Å². The first kappa shape index (κ1) is 17.6. The van der Waals surface area contributed by atoms with Crippen LogP contribution in [0.5, 0.6) is 0 Å². The van der Waals surface area contributed by atoms with E-state index in [1.165, 1.54) is 6.07 Å². The average Bonchev–Trinajstić information content (AvgIpc) is 2.61. The number of nitrogens with zero attached hydrogens (tertiary/aromatic N) is 2. The van der Waals surface area contributed by atoms with Crippen molar-refractivity contribution >= 4 is 40.3 Å². The highest BCUT2D eigenvalue weighted by Crippen LogP contribution is 2.24. The summed E-state index contributed by atoms with van der Waals surface area (Å²) < 4.78 is 0. The monoisotopic (exact) mass is 371 g/mol. The SMILES string of the molecule is O=C(O)c1cc2cc(Cl)ccc2nc1NC(Cc1ccccn1)C(=O)O. The third-order valence-corrected chi connectivity index (χ3v) is 3.99. The molecule has 0 saturated carbocycles. The van der Waals surface area contributed by atoms with E-state index in [0.717, 1.165) is 0 Å². The number of fused-ring (bicyclic) bond motifs is 1. The summed E-state index contributed by atoms with van der Waals surface area (Å²) in [7, 11) is 0. The van der Waals surface area contributed by atoms with Crippen LogP contribution in [0.2, 0.25) is 5.02 Å². The normalized spacial score (nSPS) is 11.9. The van der Waals surface area contributed by atoms with E-state index in [0.29, 0.717) is 21.6 Å². The van der Waals surface area contributed by atoms with E-state index < -0.39 is 18.0 Å². The molecule has 1 atom stereocenters. The van der Waals surface area contributed by atoms with Gasteiger partial charge in [0.25, 0.3) is 0 Å². The fourth-order valence-corrected chi connectivity index (χ4v) is 2.69. The van der Waals surface area contributed by atoms with Crippen molar-refractivity contribution in [3.8, 4) is 0 Å². The Labute approximate surface area is 153 Å². The van der Waals surface area contributed by atoms with Crippen molar-refractivity contribution in [1.29, 1.82) is 0 Å². The summed E-state index contributed by atoms with van der Waals surface area (Å²) in [6, 6.07) is 10.4. The summed E-state index contributed by atoms with van der Waals surface area (Å²) in [5.41, 5.74) is 0.938. The van der Waals surface area contributed by atoms with Crippen molar-refractivity contribution < 1.29 is 19.8 Å². The zero-order valence-corrected chi connectivity index (χ0v) is 14.1. The Morgan fingerprint density at radius 3 is 2.62 bits per heavy atom. The predicted octanol–water partition coefficient (Wildman–Crippen LogP) is 3.09. The molecule has 0 spiro atoms. The van der Waals surface area contributed by atoms with Crippen molar-refractivity contribution in [2.75, 3.05) is 5.32 Å². The molecular weight excluding hydrogens is 358 g/mol. The largest absolute Gasteiger partial charge is 0.480 e. The molecule has 3 N–H and O–H groups in total. The van der Waals surface area contributed by atoms with E-state index >= 15 is 0 Å². The van der Waals surface area contributed by atoms with Crippen LogP contribution in [0.3, 0.4) is 0 Å². The zero-order valence-electron chi connectivity index (χ0n) is 13.4. The standard InChI is InChI=1S/C18H14ClN3O4/c19-11-4-5-14-10(7-11)8-13(17(23)24)16(21-14)22-15(18(25)26)9-12-3-1-2-6-20-12/h1-8,15H,9H2,(H,21,22)(H,23,24)(H,25,26). The lowest BCUT2D eigenvalue weighted by Gasteiger charge is -2.17. The number of rotatable bonds is 6. The van der Waals surface area contributed by atoms with E-state index in [4.69, 9.17) is 11.6 Å². The van der Waals surface area contributed by atoms with Crippen LogP contribution in [-0.2, 0) is 11.2 Å². The van der Waals surface area contributed by atoms with Gasteiger partial charge >= 0.3 is 11.9 Å². The Morgan fingerprint density at radius 1 is 1.15 bits per heavy atom. The Balaban J connectivity index is 1.99. The molecule has 0 saturated heterocycles. The van der Waals surface area contributed by atoms with Gasteiger partial charge in [-0.25, -0.2) is 14.6 Å². The van der Waals surface area contributed by atoms with E-state index in [-0.39, 0.29) is 17.8 Å². The highest BCUT2D eigenvalue weighted by atomic mass is 35.5. The lowest BCUT2D eigenvalue weighted by atomic mass is 10.1. The number of aromatic nitrogens is 2. The van der Waals surface area contributed by atoms with Gasteiger partial charge in [-0.05, 0) is 36.4 Å². The molecule has 26 heavy (non-hydrogen) atoms. The molecule has 0 amide bonds. The number of carbonyl (C=O) groups is 2. The molecule has 7 nitrogen and oxygen atoms in total. The van der Waals surface area contributed by atoms with Crippen LogP contribution in [-0.4, -0.2) is 38.2 Å². The number of aliphatic carboxylic acids is 1. The van der Waals surface area contributed by atoms with Gasteiger partial charge in [-0.3, -0.25) is 4.98 Å². The van der Waals surface area contributed by atoms with Gasteiger partial charge in [-0.2, -0.15) is 0 Å². The molecule has 1 unspecified atom stereocenters. The summed E-state index contributed by atoms with van der Waals surface area (Å²) in [4.78, 5) is 31.6. The molecule has 1 aromatic carbocycles. The molecular formula is C18H14ClN3O4. The Bertz CT molecular complexity index is 979. The maximum atomic E-state index is 11.6. The van der Waals surface area contributed by atoms with Gasteiger partial charge in [0.2, 0.25) is 0 Å². The molecule has 0 radical (unpaired) electrons. The first-order chi connectivity index (χ1) is 12.4. The number of nitrogens with one attached hydrogen (secondary N) is 1. The predicted molar refractivity (Wildman–Crippen MR) is 96.7 cm³/mol. The quantitative estimate of drug-likeness (QED) is 0.610. The van der Waals surface area contributed by atoms with Crippen LogP contribution in [0.1, 0.15) is 16.1 Å². The summed E-state index contributed by atoms with van der Waals surface area (Å²) in [6.45, 7) is 0. The van der Waals surface area contributed by atoms with E-state index in [2.05, 4.69) is 15.3 Å². The summed E-state index contributed by atoms with van der Waals surface area (Å²) >= 11 is 5.93. The maximum absolute atomic E-state index is 11.6. The lowest BCUT2D eigenvalue weighted by Crippen LogP contribution is -2.33. The number of carboxylic acid groups (broad SMARTS) is 2.